The van der Waals surface area contributed by atoms with Crippen molar-refractivity contribution in [2.75, 3.05) is 0 Å². The summed E-state index contributed by atoms with van der Waals surface area (Å²) < 4.78 is 6.59. The molecule has 27 heavy (non-hydrogen) atoms. The predicted octanol–water partition coefficient (Wildman–Crippen LogP) is 3.72. The molecule has 0 atom stereocenters. The van der Waals surface area contributed by atoms with Crippen molar-refractivity contribution >= 4 is 27.9 Å². The first-order valence-electron chi connectivity index (χ1n) is 8.52. The Bertz CT molecular complexity index is 1230. The number of para-hydroxylation sites is 1. The highest BCUT2D eigenvalue weighted by Crippen LogP contribution is 2.23. The Morgan fingerprint density at radius 1 is 1.15 bits per heavy atom. The van der Waals surface area contributed by atoms with Crippen LogP contribution in [0.1, 0.15) is 20.8 Å². The van der Waals surface area contributed by atoms with Gasteiger partial charge >= 0.3 is 6.09 Å². The molecule has 0 saturated heterocycles. The quantitative estimate of drug-likeness (QED) is 0.557. The molecule has 0 bridgehead atoms. The molecule has 0 fully saturated rings. The van der Waals surface area contributed by atoms with Gasteiger partial charge in [0.2, 0.25) is 0 Å². The number of fused-ring (bicyclic) bond motifs is 2. The number of rotatable bonds is 1. The van der Waals surface area contributed by atoms with Crippen LogP contribution in [0.5, 0.6) is 0 Å². The molecule has 0 radical (unpaired) electrons. The molecule has 0 aliphatic rings. The minimum atomic E-state index is -0.607. The van der Waals surface area contributed by atoms with Gasteiger partial charge in [0.25, 0.3) is 5.56 Å². The Hall–Kier alpha value is -3.48. The van der Waals surface area contributed by atoms with Gasteiger partial charge in [0.1, 0.15) is 11.4 Å². The van der Waals surface area contributed by atoms with Crippen LogP contribution < -0.4 is 5.56 Å². The molecule has 0 spiro atoms. The number of nitrogens with zero attached hydrogens (tertiary/aromatic N) is 3. The highest BCUT2D eigenvalue weighted by Gasteiger charge is 2.20. The largest absolute Gasteiger partial charge is 0.442 e. The number of nitrogens with one attached hydrogen (secondary N) is 1. The van der Waals surface area contributed by atoms with E-state index in [1.807, 2.05) is 12.1 Å². The lowest BCUT2D eigenvalue weighted by Gasteiger charge is -2.19. The van der Waals surface area contributed by atoms with Crippen molar-refractivity contribution in [3.8, 4) is 11.4 Å². The molecule has 0 amide bonds. The lowest BCUT2D eigenvalue weighted by atomic mass is 10.1. The normalized spacial score (nSPS) is 11.8. The number of hydrogen-bond donors (Lipinski definition) is 1. The van der Waals surface area contributed by atoms with E-state index in [0.717, 1.165) is 10.9 Å². The first kappa shape index (κ1) is 17.0. The number of benzene rings is 2. The van der Waals surface area contributed by atoms with Gasteiger partial charge in [-0.1, -0.05) is 12.1 Å². The number of carbonyl (C=O) groups is 1. The number of ether oxygens (including phenoxy) is 1. The smallest absolute Gasteiger partial charge is 0.435 e. The summed E-state index contributed by atoms with van der Waals surface area (Å²) in [6.45, 7) is 5.41. The Morgan fingerprint density at radius 2 is 1.93 bits per heavy atom. The zero-order valence-corrected chi connectivity index (χ0v) is 15.2. The highest BCUT2D eigenvalue weighted by atomic mass is 16.6. The average Bonchev–Trinajstić information content (AvgIpc) is 3.03. The van der Waals surface area contributed by atoms with E-state index in [4.69, 9.17) is 4.74 Å². The molecule has 0 aliphatic carbocycles. The number of hydrogen-bond acceptors (Lipinski definition) is 5. The van der Waals surface area contributed by atoms with Gasteiger partial charge in [-0.3, -0.25) is 4.79 Å². The molecule has 2 aromatic heterocycles. The number of aromatic nitrogens is 4. The monoisotopic (exact) mass is 362 g/mol. The van der Waals surface area contributed by atoms with Crippen LogP contribution >= 0.6 is 0 Å². The predicted molar refractivity (Wildman–Crippen MR) is 103 cm³/mol. The van der Waals surface area contributed by atoms with Gasteiger partial charge in [0.05, 0.1) is 22.6 Å². The van der Waals surface area contributed by atoms with Crippen LogP contribution in [-0.4, -0.2) is 31.4 Å². The summed E-state index contributed by atoms with van der Waals surface area (Å²) >= 11 is 0. The van der Waals surface area contributed by atoms with Crippen LogP contribution in [0.15, 0.2) is 53.5 Å². The van der Waals surface area contributed by atoms with Crippen LogP contribution in [-0.2, 0) is 4.74 Å². The Kier molecular flexibility index (Phi) is 3.80. The maximum atomic E-state index is 12.3. The lowest BCUT2D eigenvalue weighted by Crippen LogP contribution is -2.27. The van der Waals surface area contributed by atoms with Crippen LogP contribution in [0.2, 0.25) is 0 Å². The Morgan fingerprint density at radius 3 is 2.70 bits per heavy atom. The van der Waals surface area contributed by atoms with E-state index in [1.165, 1.54) is 4.68 Å². The fourth-order valence-electron chi connectivity index (χ4n) is 2.85. The standard InChI is InChI=1S/C20H18N4O3/c1-20(2,3)27-19(26)24-16-9-8-12(10-13(16)11-21-24)17-22-15-7-5-4-6-14(15)18(25)23-17/h4-11H,1-3H3,(H,22,23,25). The number of carbonyl (C=O) groups excluding carboxylic acids is 1. The first-order chi connectivity index (χ1) is 12.8. The van der Waals surface area contributed by atoms with Crippen LogP contribution in [0.4, 0.5) is 4.79 Å². The minimum Gasteiger partial charge on any atom is -0.442 e. The molecule has 2 aromatic carbocycles. The molecule has 0 saturated carbocycles. The third-order valence-corrected chi connectivity index (χ3v) is 4.02. The highest BCUT2D eigenvalue weighted by molar-refractivity contribution is 5.90. The number of aromatic amines is 1. The van der Waals surface area contributed by atoms with Gasteiger partial charge < -0.3 is 9.72 Å². The van der Waals surface area contributed by atoms with Gasteiger partial charge in [0.15, 0.2) is 0 Å². The maximum absolute atomic E-state index is 12.3. The molecular formula is C20H18N4O3. The zero-order valence-electron chi connectivity index (χ0n) is 15.2. The van der Waals surface area contributed by atoms with Crippen molar-refractivity contribution in [2.24, 2.45) is 0 Å². The van der Waals surface area contributed by atoms with Crippen molar-refractivity contribution in [3.05, 3.63) is 59.0 Å². The summed E-state index contributed by atoms with van der Waals surface area (Å²) in [4.78, 5) is 31.9. The molecule has 7 heteroatoms. The molecule has 1 N–H and O–H groups in total. The molecule has 0 aliphatic heterocycles. The number of H-pyrrole nitrogens is 1. The van der Waals surface area contributed by atoms with Crippen molar-refractivity contribution in [1.82, 2.24) is 19.7 Å². The molecule has 4 rings (SSSR count). The van der Waals surface area contributed by atoms with Crippen LogP contribution in [0, 0.1) is 0 Å². The fraction of sp³-hybridized carbons (Fsp3) is 0.200. The minimum absolute atomic E-state index is 0.194. The van der Waals surface area contributed by atoms with Crippen molar-refractivity contribution in [1.29, 1.82) is 0 Å². The van der Waals surface area contributed by atoms with Crippen LogP contribution in [0.3, 0.4) is 0 Å². The van der Waals surface area contributed by atoms with E-state index in [2.05, 4.69) is 15.1 Å². The maximum Gasteiger partial charge on any atom is 0.435 e. The molecule has 2 heterocycles. The topological polar surface area (TPSA) is 89.9 Å². The Labute approximate surface area is 154 Å². The van der Waals surface area contributed by atoms with Gasteiger partial charge in [-0.2, -0.15) is 9.78 Å². The van der Waals surface area contributed by atoms with E-state index in [9.17, 15) is 9.59 Å². The van der Waals surface area contributed by atoms with E-state index >= 15 is 0 Å². The molecule has 7 nitrogen and oxygen atoms in total. The molecular weight excluding hydrogens is 344 g/mol. The SMILES string of the molecule is CC(C)(C)OC(=O)n1ncc2cc(-c3nc4ccccc4c(=O)[nH]3)ccc21. The second-order valence-corrected chi connectivity index (χ2v) is 7.24. The Balaban J connectivity index is 1.77. The summed E-state index contributed by atoms with van der Waals surface area (Å²) in [5, 5.41) is 5.42. The first-order valence-corrected chi connectivity index (χ1v) is 8.52. The second kappa shape index (κ2) is 6.05. The van der Waals surface area contributed by atoms with E-state index in [-0.39, 0.29) is 5.56 Å². The van der Waals surface area contributed by atoms with Gasteiger partial charge in [-0.05, 0) is 51.1 Å². The summed E-state index contributed by atoms with van der Waals surface area (Å²) in [5.41, 5.74) is 1.18. The molecule has 0 unspecified atom stereocenters. The molecule has 136 valence electrons. The van der Waals surface area contributed by atoms with E-state index < -0.39 is 11.7 Å². The zero-order chi connectivity index (χ0) is 19.2. The summed E-state index contributed by atoms with van der Waals surface area (Å²) in [5.74, 6) is 0.464. The van der Waals surface area contributed by atoms with E-state index in [1.54, 1.807) is 57.3 Å². The van der Waals surface area contributed by atoms with Gasteiger partial charge in [0, 0.05) is 10.9 Å². The third-order valence-electron chi connectivity index (χ3n) is 4.02. The van der Waals surface area contributed by atoms with Gasteiger partial charge in [-0.25, -0.2) is 9.78 Å². The second-order valence-electron chi connectivity index (χ2n) is 7.24. The third kappa shape index (κ3) is 3.19. The van der Waals surface area contributed by atoms with Crippen molar-refractivity contribution < 1.29 is 9.53 Å². The van der Waals surface area contributed by atoms with E-state index in [0.29, 0.717) is 22.2 Å². The van der Waals surface area contributed by atoms with Crippen LogP contribution in [0.25, 0.3) is 33.2 Å². The van der Waals surface area contributed by atoms with Crippen molar-refractivity contribution in [3.63, 3.8) is 0 Å². The fourth-order valence-corrected chi connectivity index (χ4v) is 2.85. The molecule has 4 aromatic rings. The summed E-state index contributed by atoms with van der Waals surface area (Å²) in [7, 11) is 0. The average molecular weight is 362 g/mol. The lowest BCUT2D eigenvalue weighted by molar-refractivity contribution is 0.0523. The van der Waals surface area contributed by atoms with Crippen molar-refractivity contribution in [2.45, 2.75) is 26.4 Å². The van der Waals surface area contributed by atoms with Gasteiger partial charge in [-0.15, -0.1) is 0 Å². The summed E-state index contributed by atoms with van der Waals surface area (Å²) in [6.07, 6.45) is 1.05. The summed E-state index contributed by atoms with van der Waals surface area (Å²) in [6, 6.07) is 12.6.